The number of hydrogen-bond donors (Lipinski definition) is 1. The summed E-state index contributed by atoms with van der Waals surface area (Å²) in [6.45, 7) is 2.03. The largest absolute Gasteiger partial charge is 0.294 e. The first-order valence-electron chi connectivity index (χ1n) is 8.01. The van der Waals surface area contributed by atoms with Gasteiger partial charge in [-0.3, -0.25) is 10.00 Å². The number of benzene rings is 1. The minimum absolute atomic E-state index is 0.0605. The Morgan fingerprint density at radius 1 is 1.20 bits per heavy atom. The second-order valence-electron chi connectivity index (χ2n) is 6.47. The molecule has 1 aromatic heterocycles. The molecule has 2 fully saturated rings. The first kappa shape index (κ1) is 17.2. The normalized spacial score (nSPS) is 24.7. The van der Waals surface area contributed by atoms with E-state index in [1.54, 1.807) is 16.6 Å². The van der Waals surface area contributed by atoms with Gasteiger partial charge in [0, 0.05) is 36.7 Å². The molecule has 2 aliphatic rings. The Hall–Kier alpha value is -1.19. The molecule has 2 aromatic rings. The zero-order chi connectivity index (χ0) is 17.6. The summed E-state index contributed by atoms with van der Waals surface area (Å²) in [6, 6.07) is 4.43. The number of hydrogen-bond acceptors (Lipinski definition) is 5. The Morgan fingerprint density at radius 3 is 2.56 bits per heavy atom. The smallest absolute Gasteiger partial charge is 0.245 e. The molecule has 0 radical (unpaired) electrons. The summed E-state index contributed by atoms with van der Waals surface area (Å²) in [5.41, 5.74) is 0.925. The Morgan fingerprint density at radius 2 is 1.92 bits per heavy atom. The van der Waals surface area contributed by atoms with Gasteiger partial charge in [0.15, 0.2) is 0 Å². The lowest BCUT2D eigenvalue weighted by Crippen LogP contribution is -2.55. The van der Waals surface area contributed by atoms with Gasteiger partial charge in [-0.05, 0) is 31.0 Å². The van der Waals surface area contributed by atoms with Crippen LogP contribution in [0.4, 0.5) is 0 Å². The quantitative estimate of drug-likeness (QED) is 0.848. The van der Waals surface area contributed by atoms with Gasteiger partial charge in [-0.25, -0.2) is 8.42 Å². The van der Waals surface area contributed by atoms with Gasteiger partial charge >= 0.3 is 0 Å². The fourth-order valence-electron chi connectivity index (χ4n) is 3.80. The number of nitrogens with zero attached hydrogens (tertiary/aromatic N) is 4. The predicted molar refractivity (Wildman–Crippen MR) is 94.0 cm³/mol. The molecule has 2 aliphatic heterocycles. The highest BCUT2D eigenvalue weighted by Gasteiger charge is 2.47. The highest BCUT2D eigenvalue weighted by Crippen LogP contribution is 2.38. The van der Waals surface area contributed by atoms with Crippen LogP contribution in [-0.4, -0.2) is 58.2 Å². The fraction of sp³-hybridized carbons (Fsp3) is 0.467. The van der Waals surface area contributed by atoms with Crippen LogP contribution in [0.3, 0.4) is 0 Å². The van der Waals surface area contributed by atoms with Crippen LogP contribution in [0.25, 0.3) is 0 Å². The lowest BCUT2D eigenvalue weighted by atomic mass is 10.2. The highest BCUT2D eigenvalue weighted by atomic mass is 35.5. The first-order valence-corrected chi connectivity index (χ1v) is 10.2. The number of nitrogens with one attached hydrogen (secondary N) is 1. The van der Waals surface area contributed by atoms with Gasteiger partial charge in [0.25, 0.3) is 0 Å². The number of piperazine rings is 1. The number of rotatable bonds is 4. The molecule has 1 N–H and O–H groups in total. The van der Waals surface area contributed by atoms with E-state index in [0.29, 0.717) is 24.7 Å². The van der Waals surface area contributed by atoms with Crippen molar-refractivity contribution in [2.24, 2.45) is 0 Å². The van der Waals surface area contributed by atoms with E-state index >= 15 is 0 Å². The van der Waals surface area contributed by atoms with Gasteiger partial charge in [-0.2, -0.15) is 4.31 Å². The average molecular weight is 402 g/mol. The molecule has 2 bridgehead atoms. The van der Waals surface area contributed by atoms with Crippen LogP contribution >= 0.6 is 23.2 Å². The summed E-state index contributed by atoms with van der Waals surface area (Å²) in [6.07, 6.45) is 3.39. The lowest BCUT2D eigenvalue weighted by Gasteiger charge is -2.39. The molecule has 0 saturated carbocycles. The summed E-state index contributed by atoms with van der Waals surface area (Å²) in [4.78, 5) is 2.33. The summed E-state index contributed by atoms with van der Waals surface area (Å²) >= 11 is 12.1. The van der Waals surface area contributed by atoms with Crippen molar-refractivity contribution in [2.75, 3.05) is 13.1 Å². The molecule has 134 valence electrons. The van der Waals surface area contributed by atoms with E-state index in [1.807, 2.05) is 0 Å². The lowest BCUT2D eigenvalue weighted by molar-refractivity contribution is 0.122. The molecule has 4 rings (SSSR count). The van der Waals surface area contributed by atoms with Gasteiger partial charge in [0.05, 0.1) is 16.9 Å². The van der Waals surface area contributed by atoms with Gasteiger partial charge in [-0.15, -0.1) is 5.10 Å². The number of halogens is 2. The minimum Gasteiger partial charge on any atom is -0.294 e. The highest BCUT2D eigenvalue weighted by molar-refractivity contribution is 7.89. The number of aromatic amines is 1. The zero-order valence-corrected chi connectivity index (χ0v) is 15.6. The molecule has 2 atom stereocenters. The molecule has 3 heterocycles. The SMILES string of the molecule is O=S(=O)(c1cc(Cl)ccc1Cl)N1C2CCC1CN(Cc1cnn[nH]1)C2. The van der Waals surface area contributed by atoms with E-state index in [9.17, 15) is 8.42 Å². The van der Waals surface area contributed by atoms with Gasteiger partial charge in [-0.1, -0.05) is 28.4 Å². The second kappa shape index (κ2) is 6.51. The summed E-state index contributed by atoms with van der Waals surface area (Å²) in [5, 5.41) is 10.9. The van der Waals surface area contributed by atoms with Gasteiger partial charge < -0.3 is 0 Å². The maximum absolute atomic E-state index is 13.2. The number of fused-ring (bicyclic) bond motifs is 2. The maximum atomic E-state index is 13.2. The Labute approximate surface area is 156 Å². The van der Waals surface area contributed by atoms with E-state index < -0.39 is 10.0 Å². The van der Waals surface area contributed by atoms with Crippen LogP contribution in [0.5, 0.6) is 0 Å². The molecule has 10 heteroatoms. The first-order chi connectivity index (χ1) is 11.9. The summed E-state index contributed by atoms with van der Waals surface area (Å²) < 4.78 is 28.0. The summed E-state index contributed by atoms with van der Waals surface area (Å²) in [7, 11) is -3.68. The molecule has 1 aromatic carbocycles. The van der Waals surface area contributed by atoms with Crippen molar-refractivity contribution in [3.8, 4) is 0 Å². The fourth-order valence-corrected chi connectivity index (χ4v) is 6.39. The third-order valence-electron chi connectivity index (χ3n) is 4.80. The molecule has 0 spiro atoms. The van der Waals surface area contributed by atoms with E-state index in [0.717, 1.165) is 18.5 Å². The standard InChI is InChI=1S/C15H17Cl2N5O2S/c16-10-1-4-14(17)15(5-10)25(23,24)22-12-2-3-13(22)9-21(8-12)7-11-6-18-20-19-11/h1,4-6,12-13H,2-3,7-9H2,(H,18,19,20). The van der Waals surface area contributed by atoms with Crippen molar-refractivity contribution in [3.05, 3.63) is 40.1 Å². The zero-order valence-electron chi connectivity index (χ0n) is 13.3. The Bertz CT molecular complexity index is 860. The van der Waals surface area contributed by atoms with Crippen LogP contribution in [-0.2, 0) is 16.6 Å². The van der Waals surface area contributed by atoms with E-state index in [1.165, 1.54) is 12.1 Å². The second-order valence-corrected chi connectivity index (χ2v) is 9.13. The topological polar surface area (TPSA) is 82.2 Å². The number of aromatic nitrogens is 3. The molecule has 25 heavy (non-hydrogen) atoms. The minimum atomic E-state index is -3.68. The van der Waals surface area contributed by atoms with Crippen LogP contribution in [0.2, 0.25) is 10.0 Å². The Balaban J connectivity index is 1.59. The van der Waals surface area contributed by atoms with Gasteiger partial charge in [0.2, 0.25) is 10.0 Å². The van der Waals surface area contributed by atoms with Crippen molar-refractivity contribution >= 4 is 33.2 Å². The van der Waals surface area contributed by atoms with Crippen molar-refractivity contribution in [1.82, 2.24) is 24.6 Å². The van der Waals surface area contributed by atoms with Crippen LogP contribution in [0.15, 0.2) is 29.3 Å². The Kier molecular flexibility index (Phi) is 4.49. The predicted octanol–water partition coefficient (Wildman–Crippen LogP) is 2.15. The van der Waals surface area contributed by atoms with Crippen molar-refractivity contribution in [1.29, 1.82) is 0 Å². The third kappa shape index (κ3) is 3.17. The maximum Gasteiger partial charge on any atom is 0.245 e. The third-order valence-corrected chi connectivity index (χ3v) is 7.52. The van der Waals surface area contributed by atoms with Crippen molar-refractivity contribution in [2.45, 2.75) is 36.4 Å². The monoisotopic (exact) mass is 401 g/mol. The van der Waals surface area contributed by atoms with Crippen LogP contribution in [0.1, 0.15) is 18.5 Å². The molecule has 0 amide bonds. The van der Waals surface area contributed by atoms with E-state index in [-0.39, 0.29) is 22.0 Å². The van der Waals surface area contributed by atoms with Gasteiger partial charge in [0.1, 0.15) is 4.90 Å². The number of likely N-dealkylation sites (tertiary alicyclic amines) is 1. The number of H-pyrrole nitrogens is 1. The van der Waals surface area contributed by atoms with Crippen LogP contribution < -0.4 is 0 Å². The molecule has 0 aliphatic carbocycles. The summed E-state index contributed by atoms with van der Waals surface area (Å²) in [5.74, 6) is 0. The molecular formula is C15H17Cl2N5O2S. The van der Waals surface area contributed by atoms with Crippen molar-refractivity contribution < 1.29 is 8.42 Å². The van der Waals surface area contributed by atoms with E-state index in [4.69, 9.17) is 23.2 Å². The molecule has 2 unspecified atom stereocenters. The molecule has 7 nitrogen and oxygen atoms in total. The number of sulfonamides is 1. The molecular weight excluding hydrogens is 385 g/mol. The van der Waals surface area contributed by atoms with Crippen molar-refractivity contribution in [3.63, 3.8) is 0 Å². The van der Waals surface area contributed by atoms with Crippen LogP contribution in [0, 0.1) is 0 Å². The average Bonchev–Trinajstić information content (AvgIpc) is 3.16. The molecule has 2 saturated heterocycles. The van der Waals surface area contributed by atoms with E-state index in [2.05, 4.69) is 20.3 Å².